The van der Waals surface area contributed by atoms with Crippen molar-refractivity contribution in [2.75, 3.05) is 0 Å². The Labute approximate surface area is 159 Å². The number of para-hydroxylation sites is 2. The zero-order chi connectivity index (χ0) is 20.3. The van der Waals surface area contributed by atoms with E-state index in [1.54, 1.807) is 31.2 Å². The first-order valence-corrected chi connectivity index (χ1v) is 8.75. The Kier molecular flexibility index (Phi) is 5.67. The number of carbonyl (C=O) groups excluding carboxylic acids is 2. The van der Waals surface area contributed by atoms with Crippen molar-refractivity contribution in [3.05, 3.63) is 70.1 Å². The van der Waals surface area contributed by atoms with Crippen molar-refractivity contribution in [1.82, 2.24) is 14.5 Å². The predicted molar refractivity (Wildman–Crippen MR) is 99.9 cm³/mol. The number of hydrogen-bond donors (Lipinski definition) is 1. The highest BCUT2D eigenvalue weighted by molar-refractivity contribution is 5.81. The lowest BCUT2D eigenvalue weighted by atomic mass is 10.1. The molecule has 0 aliphatic heterocycles. The number of amides is 1. The number of benzene rings is 2. The smallest absolute Gasteiger partial charge is 0.329 e. The SMILES string of the molecule is CC(Cc1cc(F)cc(F)c1)NC(=O)Cn1c(=O)n(CC=O)c2ccccc21. The summed E-state index contributed by atoms with van der Waals surface area (Å²) in [6.07, 6.45) is 0.862. The zero-order valence-electron chi connectivity index (χ0n) is 15.2. The lowest BCUT2D eigenvalue weighted by molar-refractivity contribution is -0.122. The van der Waals surface area contributed by atoms with Crippen molar-refractivity contribution in [2.45, 2.75) is 32.5 Å². The molecule has 1 N–H and O–H groups in total. The molecule has 1 aromatic heterocycles. The number of carbonyl (C=O) groups is 2. The molecule has 2 aromatic carbocycles. The van der Waals surface area contributed by atoms with E-state index in [1.807, 2.05) is 0 Å². The van der Waals surface area contributed by atoms with Gasteiger partial charge >= 0.3 is 5.69 Å². The van der Waals surface area contributed by atoms with Crippen LogP contribution in [0.25, 0.3) is 11.0 Å². The Morgan fingerprint density at radius 1 is 1.11 bits per heavy atom. The maximum Gasteiger partial charge on any atom is 0.329 e. The number of nitrogens with zero attached hydrogens (tertiary/aromatic N) is 2. The third-order valence-electron chi connectivity index (χ3n) is 4.36. The monoisotopic (exact) mass is 387 g/mol. The quantitative estimate of drug-likeness (QED) is 0.631. The molecule has 0 aliphatic rings. The summed E-state index contributed by atoms with van der Waals surface area (Å²) >= 11 is 0. The van der Waals surface area contributed by atoms with E-state index in [2.05, 4.69) is 5.32 Å². The van der Waals surface area contributed by atoms with Crippen LogP contribution in [-0.4, -0.2) is 27.4 Å². The van der Waals surface area contributed by atoms with E-state index in [4.69, 9.17) is 0 Å². The molecule has 3 rings (SSSR count). The van der Waals surface area contributed by atoms with E-state index in [-0.39, 0.29) is 19.5 Å². The van der Waals surface area contributed by atoms with Gasteiger partial charge in [0.2, 0.25) is 5.91 Å². The van der Waals surface area contributed by atoms with Crippen molar-refractivity contribution in [2.24, 2.45) is 0 Å². The number of fused-ring (bicyclic) bond motifs is 1. The van der Waals surface area contributed by atoms with Crippen LogP contribution >= 0.6 is 0 Å². The van der Waals surface area contributed by atoms with Crippen LogP contribution in [0.15, 0.2) is 47.3 Å². The fourth-order valence-corrected chi connectivity index (χ4v) is 3.27. The fraction of sp³-hybridized carbons (Fsp3) is 0.250. The summed E-state index contributed by atoms with van der Waals surface area (Å²) in [5.41, 5.74) is 1.08. The Morgan fingerprint density at radius 2 is 1.71 bits per heavy atom. The van der Waals surface area contributed by atoms with Crippen LogP contribution in [0, 0.1) is 11.6 Å². The van der Waals surface area contributed by atoms with Crippen LogP contribution in [0.4, 0.5) is 8.78 Å². The number of nitrogens with one attached hydrogen (secondary N) is 1. The molecule has 0 fully saturated rings. The lowest BCUT2D eigenvalue weighted by Crippen LogP contribution is -2.38. The second-order valence-electron chi connectivity index (χ2n) is 6.59. The fourth-order valence-electron chi connectivity index (χ4n) is 3.27. The lowest BCUT2D eigenvalue weighted by Gasteiger charge is -2.14. The van der Waals surface area contributed by atoms with Gasteiger partial charge in [0.05, 0.1) is 17.6 Å². The summed E-state index contributed by atoms with van der Waals surface area (Å²) in [5.74, 6) is -1.77. The molecule has 0 saturated heterocycles. The van der Waals surface area contributed by atoms with Crippen LogP contribution in [0.3, 0.4) is 0 Å². The first-order valence-electron chi connectivity index (χ1n) is 8.75. The van der Waals surface area contributed by atoms with Crippen LogP contribution < -0.4 is 11.0 Å². The van der Waals surface area contributed by atoms with Crippen LogP contribution in [0.1, 0.15) is 12.5 Å². The number of aldehydes is 1. The van der Waals surface area contributed by atoms with Crippen LogP contribution in [0.2, 0.25) is 0 Å². The molecule has 0 radical (unpaired) electrons. The molecule has 0 bridgehead atoms. The Morgan fingerprint density at radius 3 is 2.32 bits per heavy atom. The summed E-state index contributed by atoms with van der Waals surface area (Å²) in [4.78, 5) is 35.8. The minimum absolute atomic E-state index is 0.102. The second kappa shape index (κ2) is 8.16. The number of halogens is 2. The maximum absolute atomic E-state index is 13.3. The first-order chi connectivity index (χ1) is 13.4. The van der Waals surface area contributed by atoms with Gasteiger partial charge in [-0.1, -0.05) is 12.1 Å². The molecule has 6 nitrogen and oxygen atoms in total. The highest BCUT2D eigenvalue weighted by Crippen LogP contribution is 2.13. The van der Waals surface area contributed by atoms with Crippen molar-refractivity contribution in [1.29, 1.82) is 0 Å². The number of imidazole rings is 1. The summed E-state index contributed by atoms with van der Waals surface area (Å²) in [6.45, 7) is 1.38. The summed E-state index contributed by atoms with van der Waals surface area (Å²) in [5, 5.41) is 2.73. The Balaban J connectivity index is 1.75. The first kappa shape index (κ1) is 19.5. The van der Waals surface area contributed by atoms with Gasteiger partial charge in [-0.05, 0) is 43.2 Å². The average molecular weight is 387 g/mol. The van der Waals surface area contributed by atoms with Gasteiger partial charge in [0.1, 0.15) is 24.5 Å². The van der Waals surface area contributed by atoms with Gasteiger partial charge in [-0.15, -0.1) is 0 Å². The normalized spacial score (nSPS) is 12.1. The molecule has 1 heterocycles. The molecule has 1 unspecified atom stereocenters. The van der Waals surface area contributed by atoms with E-state index in [0.717, 1.165) is 6.07 Å². The molecular formula is C20H19F2N3O3. The van der Waals surface area contributed by atoms with Crippen LogP contribution in [-0.2, 0) is 29.1 Å². The number of aromatic nitrogens is 2. The minimum atomic E-state index is -0.678. The molecule has 146 valence electrons. The topological polar surface area (TPSA) is 73.1 Å². The number of hydrogen-bond acceptors (Lipinski definition) is 3. The molecule has 28 heavy (non-hydrogen) atoms. The standard InChI is InChI=1S/C20H19F2N3O3/c1-13(8-14-9-15(21)11-16(22)10-14)23-19(27)12-25-18-5-3-2-4-17(18)24(6-7-26)20(25)28/h2-5,7,9-11,13H,6,8,12H2,1H3,(H,23,27). The average Bonchev–Trinajstić information content (AvgIpc) is 2.87. The van der Waals surface area contributed by atoms with Gasteiger partial charge < -0.3 is 10.1 Å². The van der Waals surface area contributed by atoms with E-state index >= 15 is 0 Å². The zero-order valence-corrected chi connectivity index (χ0v) is 15.2. The third-order valence-corrected chi connectivity index (χ3v) is 4.36. The van der Waals surface area contributed by atoms with E-state index < -0.39 is 29.3 Å². The van der Waals surface area contributed by atoms with E-state index in [9.17, 15) is 23.2 Å². The highest BCUT2D eigenvalue weighted by Gasteiger charge is 2.16. The Hall–Kier alpha value is -3.29. The molecular weight excluding hydrogens is 368 g/mol. The predicted octanol–water partition coefficient (Wildman–Crippen LogP) is 2.03. The third kappa shape index (κ3) is 4.16. The van der Waals surface area contributed by atoms with Crippen molar-refractivity contribution in [3.63, 3.8) is 0 Å². The van der Waals surface area contributed by atoms with Gasteiger partial charge in [0.15, 0.2) is 0 Å². The number of rotatable bonds is 7. The van der Waals surface area contributed by atoms with Gasteiger partial charge in [0.25, 0.3) is 0 Å². The molecule has 8 heteroatoms. The summed E-state index contributed by atoms with van der Waals surface area (Å²) < 4.78 is 29.2. The van der Waals surface area contributed by atoms with Crippen LogP contribution in [0.5, 0.6) is 0 Å². The van der Waals surface area contributed by atoms with Gasteiger partial charge in [-0.25, -0.2) is 13.6 Å². The molecule has 3 aromatic rings. The minimum Gasteiger partial charge on any atom is -0.352 e. The largest absolute Gasteiger partial charge is 0.352 e. The molecule has 1 atom stereocenters. The van der Waals surface area contributed by atoms with Crippen molar-refractivity contribution in [3.8, 4) is 0 Å². The molecule has 0 aliphatic carbocycles. The van der Waals surface area contributed by atoms with E-state index in [1.165, 1.54) is 21.3 Å². The van der Waals surface area contributed by atoms with Gasteiger partial charge in [-0.3, -0.25) is 13.9 Å². The molecule has 0 spiro atoms. The summed E-state index contributed by atoms with van der Waals surface area (Å²) in [7, 11) is 0. The second-order valence-corrected chi connectivity index (χ2v) is 6.59. The maximum atomic E-state index is 13.3. The van der Waals surface area contributed by atoms with Crippen molar-refractivity contribution >= 4 is 23.2 Å². The Bertz CT molecular complexity index is 1070. The van der Waals surface area contributed by atoms with Gasteiger partial charge in [-0.2, -0.15) is 0 Å². The molecule has 0 saturated carbocycles. The van der Waals surface area contributed by atoms with E-state index in [0.29, 0.717) is 22.9 Å². The van der Waals surface area contributed by atoms with Gasteiger partial charge in [0, 0.05) is 12.1 Å². The summed E-state index contributed by atoms with van der Waals surface area (Å²) in [6, 6.07) is 9.70. The molecule has 1 amide bonds. The van der Waals surface area contributed by atoms with Crippen molar-refractivity contribution < 1.29 is 18.4 Å². The highest BCUT2D eigenvalue weighted by atomic mass is 19.1.